The van der Waals surface area contributed by atoms with E-state index in [1.54, 1.807) is 38.3 Å². The molecule has 0 bridgehead atoms. The van der Waals surface area contributed by atoms with E-state index in [0.29, 0.717) is 22.6 Å². The first-order valence-corrected chi connectivity index (χ1v) is 7.72. The van der Waals surface area contributed by atoms with Crippen molar-refractivity contribution in [2.45, 2.75) is 13.5 Å². The van der Waals surface area contributed by atoms with Gasteiger partial charge >= 0.3 is 0 Å². The summed E-state index contributed by atoms with van der Waals surface area (Å²) in [7, 11) is 1.56. The van der Waals surface area contributed by atoms with Crippen molar-refractivity contribution in [3.05, 3.63) is 71.2 Å². The van der Waals surface area contributed by atoms with Crippen LogP contribution in [0.5, 0.6) is 5.75 Å². The van der Waals surface area contributed by atoms with Crippen LogP contribution in [0.25, 0.3) is 11.3 Å². The van der Waals surface area contributed by atoms with Crippen LogP contribution in [-0.4, -0.2) is 18.2 Å². The van der Waals surface area contributed by atoms with Gasteiger partial charge in [-0.1, -0.05) is 29.4 Å². The molecular formula is C19H17FN2O3. The second-order valence-electron chi connectivity index (χ2n) is 5.54. The molecular weight excluding hydrogens is 323 g/mol. The molecule has 3 aromatic rings. The number of ether oxygens (including phenoxy) is 1. The lowest BCUT2D eigenvalue weighted by Crippen LogP contribution is -2.23. The number of methoxy groups -OCH3 is 1. The van der Waals surface area contributed by atoms with Gasteiger partial charge in [0.2, 0.25) is 0 Å². The summed E-state index contributed by atoms with van der Waals surface area (Å²) < 4.78 is 23.8. The molecule has 0 saturated heterocycles. The Bertz CT molecular complexity index is 905. The lowest BCUT2D eigenvalue weighted by Gasteiger charge is -2.05. The molecule has 0 atom stereocenters. The summed E-state index contributed by atoms with van der Waals surface area (Å²) >= 11 is 0. The van der Waals surface area contributed by atoms with Crippen LogP contribution >= 0.6 is 0 Å². The number of hydrogen-bond acceptors (Lipinski definition) is 4. The molecule has 3 rings (SSSR count). The number of halogens is 1. The van der Waals surface area contributed by atoms with Gasteiger partial charge in [-0.15, -0.1) is 0 Å². The summed E-state index contributed by atoms with van der Waals surface area (Å²) in [6.45, 7) is 1.95. The van der Waals surface area contributed by atoms with Gasteiger partial charge in [-0.2, -0.15) is 0 Å². The second kappa shape index (κ2) is 7.17. The molecule has 1 N–H and O–H groups in total. The first kappa shape index (κ1) is 16.7. The van der Waals surface area contributed by atoms with E-state index in [-0.39, 0.29) is 24.0 Å². The lowest BCUT2D eigenvalue weighted by atomic mass is 10.1. The highest BCUT2D eigenvalue weighted by atomic mass is 19.1. The molecule has 0 aliphatic rings. The summed E-state index contributed by atoms with van der Waals surface area (Å²) in [4.78, 5) is 12.2. The van der Waals surface area contributed by atoms with Crippen LogP contribution in [0.3, 0.4) is 0 Å². The first-order valence-electron chi connectivity index (χ1n) is 7.72. The summed E-state index contributed by atoms with van der Waals surface area (Å²) in [6, 6.07) is 13.6. The maximum Gasteiger partial charge on any atom is 0.273 e. The van der Waals surface area contributed by atoms with Crippen molar-refractivity contribution < 1.29 is 18.4 Å². The van der Waals surface area contributed by atoms with Crippen LogP contribution in [0, 0.1) is 12.7 Å². The summed E-state index contributed by atoms with van der Waals surface area (Å²) in [6.07, 6.45) is 0. The Kier molecular flexibility index (Phi) is 4.79. The van der Waals surface area contributed by atoms with Crippen LogP contribution in [0.1, 0.15) is 21.6 Å². The molecule has 0 aliphatic heterocycles. The summed E-state index contributed by atoms with van der Waals surface area (Å²) in [5.74, 6) is 0.438. The number of amides is 1. The minimum absolute atomic E-state index is 0.166. The van der Waals surface area contributed by atoms with Crippen molar-refractivity contribution in [2.75, 3.05) is 7.11 Å². The third kappa shape index (κ3) is 3.68. The van der Waals surface area contributed by atoms with Gasteiger partial charge in [-0.25, -0.2) is 4.39 Å². The fourth-order valence-corrected chi connectivity index (χ4v) is 2.45. The van der Waals surface area contributed by atoms with Gasteiger partial charge in [-0.05, 0) is 36.2 Å². The number of nitrogens with zero attached hydrogens (tertiary/aromatic N) is 1. The third-order valence-corrected chi connectivity index (χ3v) is 3.79. The molecule has 2 aromatic carbocycles. The predicted molar refractivity (Wildman–Crippen MR) is 90.8 cm³/mol. The number of carbonyl (C=O) groups excluding carboxylic acids is 1. The highest BCUT2D eigenvalue weighted by Crippen LogP contribution is 2.29. The van der Waals surface area contributed by atoms with Crippen molar-refractivity contribution in [1.82, 2.24) is 10.5 Å². The number of benzene rings is 2. The van der Waals surface area contributed by atoms with Crippen molar-refractivity contribution in [3.63, 3.8) is 0 Å². The van der Waals surface area contributed by atoms with E-state index in [4.69, 9.17) is 9.26 Å². The Labute approximate surface area is 144 Å². The van der Waals surface area contributed by atoms with Gasteiger partial charge in [0.25, 0.3) is 5.91 Å². The Morgan fingerprint density at radius 2 is 2.04 bits per heavy atom. The molecule has 0 spiro atoms. The van der Waals surface area contributed by atoms with Gasteiger partial charge < -0.3 is 14.6 Å². The number of nitrogens with one attached hydrogen (secondary N) is 1. The van der Waals surface area contributed by atoms with Crippen LogP contribution < -0.4 is 10.1 Å². The van der Waals surface area contributed by atoms with Crippen molar-refractivity contribution in [3.8, 4) is 17.1 Å². The second-order valence-corrected chi connectivity index (χ2v) is 5.54. The van der Waals surface area contributed by atoms with Crippen LogP contribution in [0.2, 0.25) is 0 Å². The molecule has 0 unspecified atom stereocenters. The molecule has 1 heterocycles. The van der Waals surface area contributed by atoms with E-state index in [1.165, 1.54) is 6.07 Å². The van der Waals surface area contributed by atoms with Crippen molar-refractivity contribution in [2.24, 2.45) is 0 Å². The van der Waals surface area contributed by atoms with Gasteiger partial charge in [0, 0.05) is 12.6 Å². The zero-order chi connectivity index (χ0) is 17.8. The third-order valence-electron chi connectivity index (χ3n) is 3.79. The highest BCUT2D eigenvalue weighted by molar-refractivity contribution is 5.93. The smallest absolute Gasteiger partial charge is 0.273 e. The van der Waals surface area contributed by atoms with Crippen LogP contribution in [0.15, 0.2) is 53.1 Å². The number of carbonyl (C=O) groups is 1. The number of aryl methyl sites for hydroxylation is 1. The minimum atomic E-state index is -0.369. The van der Waals surface area contributed by atoms with E-state index in [1.807, 2.05) is 18.2 Å². The number of para-hydroxylation sites is 1. The topological polar surface area (TPSA) is 64.4 Å². The van der Waals surface area contributed by atoms with Crippen LogP contribution in [0.4, 0.5) is 4.39 Å². The van der Waals surface area contributed by atoms with E-state index < -0.39 is 0 Å². The maximum absolute atomic E-state index is 13.3. The Balaban J connectivity index is 1.71. The van der Waals surface area contributed by atoms with Crippen LogP contribution in [-0.2, 0) is 6.54 Å². The number of aromatic nitrogens is 1. The van der Waals surface area contributed by atoms with E-state index >= 15 is 0 Å². The number of hydrogen-bond donors (Lipinski definition) is 1. The largest absolute Gasteiger partial charge is 0.496 e. The zero-order valence-electron chi connectivity index (χ0n) is 13.9. The molecule has 128 valence electrons. The van der Waals surface area contributed by atoms with E-state index in [0.717, 1.165) is 5.56 Å². The molecule has 5 nitrogen and oxygen atoms in total. The Morgan fingerprint density at radius 1 is 1.24 bits per heavy atom. The first-order chi connectivity index (χ1) is 12.1. The zero-order valence-corrected chi connectivity index (χ0v) is 13.9. The molecule has 1 amide bonds. The standard InChI is InChI=1S/C19H17FN2O3/c1-12-9-13(7-8-15(12)20)11-21-19(23)16-10-18(25-22-16)14-5-3-4-6-17(14)24-2/h3-10H,11H2,1-2H3,(H,21,23). The monoisotopic (exact) mass is 340 g/mol. The SMILES string of the molecule is COc1ccccc1-c1cc(C(=O)NCc2ccc(F)c(C)c2)no1. The Morgan fingerprint density at radius 3 is 2.80 bits per heavy atom. The lowest BCUT2D eigenvalue weighted by molar-refractivity contribution is 0.0942. The molecule has 0 saturated carbocycles. The Hall–Kier alpha value is -3.15. The van der Waals surface area contributed by atoms with Crippen molar-refractivity contribution >= 4 is 5.91 Å². The van der Waals surface area contributed by atoms with Gasteiger partial charge in [-0.3, -0.25) is 4.79 Å². The molecule has 6 heteroatoms. The minimum Gasteiger partial charge on any atom is -0.496 e. The molecule has 25 heavy (non-hydrogen) atoms. The van der Waals surface area contributed by atoms with Gasteiger partial charge in [0.1, 0.15) is 11.6 Å². The summed E-state index contributed by atoms with van der Waals surface area (Å²) in [5, 5.41) is 6.55. The predicted octanol–water partition coefficient (Wildman–Crippen LogP) is 3.73. The van der Waals surface area contributed by atoms with Crippen molar-refractivity contribution in [1.29, 1.82) is 0 Å². The van der Waals surface area contributed by atoms with E-state index in [9.17, 15) is 9.18 Å². The highest BCUT2D eigenvalue weighted by Gasteiger charge is 2.16. The normalized spacial score (nSPS) is 10.5. The average molecular weight is 340 g/mol. The fraction of sp³-hybridized carbons (Fsp3) is 0.158. The molecule has 0 radical (unpaired) electrons. The summed E-state index contributed by atoms with van der Waals surface area (Å²) in [5.41, 5.74) is 2.22. The van der Waals surface area contributed by atoms with E-state index in [2.05, 4.69) is 10.5 Å². The number of rotatable bonds is 5. The maximum atomic E-state index is 13.3. The van der Waals surface area contributed by atoms with Gasteiger partial charge in [0.05, 0.1) is 12.7 Å². The molecule has 0 aliphatic carbocycles. The molecule has 0 fully saturated rings. The van der Waals surface area contributed by atoms with Gasteiger partial charge in [0.15, 0.2) is 11.5 Å². The quantitative estimate of drug-likeness (QED) is 0.769. The fourth-order valence-electron chi connectivity index (χ4n) is 2.45. The molecule has 1 aromatic heterocycles. The average Bonchev–Trinajstić information content (AvgIpc) is 3.12.